The van der Waals surface area contributed by atoms with Crippen molar-refractivity contribution in [1.29, 1.82) is 0 Å². The van der Waals surface area contributed by atoms with E-state index < -0.39 is 6.10 Å². The van der Waals surface area contributed by atoms with Crippen molar-refractivity contribution in [2.75, 3.05) is 0 Å². The van der Waals surface area contributed by atoms with Crippen molar-refractivity contribution in [1.82, 2.24) is 9.55 Å². The molecule has 2 atom stereocenters. The fourth-order valence-corrected chi connectivity index (χ4v) is 2.09. The Kier molecular flexibility index (Phi) is 4.38. The van der Waals surface area contributed by atoms with Gasteiger partial charge in [0.2, 0.25) is 0 Å². The lowest BCUT2D eigenvalue weighted by atomic mass is 10.1. The number of benzene rings is 1. The molecule has 0 aliphatic heterocycles. The van der Waals surface area contributed by atoms with Crippen LogP contribution >= 0.6 is 0 Å². The summed E-state index contributed by atoms with van der Waals surface area (Å²) in [5.41, 5.74) is 2.00. The number of aromatic nitrogens is 2. The predicted molar refractivity (Wildman–Crippen MR) is 75.5 cm³/mol. The molecule has 0 amide bonds. The molecule has 1 aromatic carbocycles. The van der Waals surface area contributed by atoms with Crippen LogP contribution in [-0.2, 0) is 0 Å². The fourth-order valence-electron chi connectivity index (χ4n) is 2.09. The smallest absolute Gasteiger partial charge is 0.106 e. The van der Waals surface area contributed by atoms with Gasteiger partial charge < -0.3 is 9.67 Å². The van der Waals surface area contributed by atoms with Crippen LogP contribution in [0.1, 0.15) is 43.7 Å². The zero-order valence-corrected chi connectivity index (χ0v) is 11.2. The molecule has 3 nitrogen and oxygen atoms in total. The first-order valence-electron chi connectivity index (χ1n) is 6.38. The average Bonchev–Trinajstić information content (AvgIpc) is 2.94. The number of aliphatic hydroxyl groups excluding tert-OH is 1. The molecule has 1 aromatic heterocycles. The molecular weight excluding hydrogens is 236 g/mol. The Bertz CT molecular complexity index is 578. The van der Waals surface area contributed by atoms with E-state index in [0.29, 0.717) is 6.42 Å². The maximum absolute atomic E-state index is 10.2. The van der Waals surface area contributed by atoms with Crippen LogP contribution in [0.15, 0.2) is 42.9 Å². The Morgan fingerprint density at radius 1 is 1.32 bits per heavy atom. The van der Waals surface area contributed by atoms with Crippen molar-refractivity contribution in [3.05, 3.63) is 54.1 Å². The molecule has 2 rings (SSSR count). The highest BCUT2D eigenvalue weighted by Crippen LogP contribution is 2.24. The Labute approximate surface area is 113 Å². The number of hydrogen-bond donors (Lipinski definition) is 1. The quantitative estimate of drug-likeness (QED) is 0.852. The van der Waals surface area contributed by atoms with Gasteiger partial charge in [-0.15, -0.1) is 11.8 Å². The highest BCUT2D eigenvalue weighted by Gasteiger charge is 2.16. The van der Waals surface area contributed by atoms with Gasteiger partial charge in [0.05, 0.1) is 24.3 Å². The van der Waals surface area contributed by atoms with Crippen LogP contribution in [0.4, 0.5) is 0 Å². The van der Waals surface area contributed by atoms with Crippen LogP contribution in [-0.4, -0.2) is 14.7 Å². The summed E-state index contributed by atoms with van der Waals surface area (Å²) in [6, 6.07) is 10.3. The third-order valence-electron chi connectivity index (χ3n) is 3.21. The molecule has 98 valence electrons. The predicted octanol–water partition coefficient (Wildman–Crippen LogP) is 2.94. The van der Waals surface area contributed by atoms with Crippen molar-refractivity contribution < 1.29 is 5.11 Å². The summed E-state index contributed by atoms with van der Waals surface area (Å²) in [7, 11) is 0. The molecule has 0 radical (unpaired) electrons. The van der Waals surface area contributed by atoms with E-state index in [1.807, 2.05) is 22.8 Å². The summed E-state index contributed by atoms with van der Waals surface area (Å²) in [6.45, 7) is 3.87. The molecule has 0 saturated carbocycles. The third-order valence-corrected chi connectivity index (χ3v) is 3.21. The minimum atomic E-state index is -0.596. The van der Waals surface area contributed by atoms with Crippen LogP contribution in [0.25, 0.3) is 0 Å². The van der Waals surface area contributed by atoms with Crippen LogP contribution in [0, 0.1) is 11.8 Å². The summed E-state index contributed by atoms with van der Waals surface area (Å²) in [4.78, 5) is 4.15. The van der Waals surface area contributed by atoms with E-state index in [9.17, 15) is 5.11 Å². The maximum Gasteiger partial charge on any atom is 0.106 e. The summed E-state index contributed by atoms with van der Waals surface area (Å²) >= 11 is 0. The zero-order chi connectivity index (χ0) is 13.7. The van der Waals surface area contributed by atoms with Crippen molar-refractivity contribution in [2.24, 2.45) is 0 Å². The third kappa shape index (κ3) is 3.04. The van der Waals surface area contributed by atoms with E-state index >= 15 is 0 Å². The monoisotopic (exact) mass is 254 g/mol. The molecule has 0 aliphatic carbocycles. The number of hydrogen-bond acceptors (Lipinski definition) is 2. The first kappa shape index (κ1) is 13.4. The van der Waals surface area contributed by atoms with Gasteiger partial charge in [-0.3, -0.25) is 0 Å². The Morgan fingerprint density at radius 2 is 2.05 bits per heavy atom. The number of imidazole rings is 1. The summed E-state index contributed by atoms with van der Waals surface area (Å²) in [5.74, 6) is 5.70. The normalized spacial score (nSPS) is 13.4. The molecule has 0 aliphatic rings. The van der Waals surface area contributed by atoms with E-state index in [1.54, 1.807) is 19.4 Å². The second kappa shape index (κ2) is 6.21. The molecule has 0 spiro atoms. The molecule has 0 saturated heterocycles. The molecule has 0 fully saturated rings. The minimum Gasteiger partial charge on any atom is -0.386 e. The van der Waals surface area contributed by atoms with E-state index in [2.05, 4.69) is 35.9 Å². The van der Waals surface area contributed by atoms with Gasteiger partial charge in [0.25, 0.3) is 0 Å². The molecule has 0 bridgehead atoms. The topological polar surface area (TPSA) is 38.1 Å². The number of rotatable bonds is 4. The van der Waals surface area contributed by atoms with Gasteiger partial charge >= 0.3 is 0 Å². The maximum atomic E-state index is 10.2. The Morgan fingerprint density at radius 3 is 2.74 bits per heavy atom. The zero-order valence-electron chi connectivity index (χ0n) is 11.2. The van der Waals surface area contributed by atoms with Crippen LogP contribution in [0.2, 0.25) is 0 Å². The largest absolute Gasteiger partial charge is 0.386 e. The van der Waals surface area contributed by atoms with Crippen molar-refractivity contribution >= 4 is 0 Å². The van der Waals surface area contributed by atoms with Gasteiger partial charge in [0.1, 0.15) is 6.10 Å². The van der Waals surface area contributed by atoms with Crippen molar-refractivity contribution in [3.63, 3.8) is 0 Å². The van der Waals surface area contributed by atoms with E-state index in [-0.39, 0.29) is 6.04 Å². The Hall–Kier alpha value is -2.05. The molecular formula is C16H18N2O. The summed E-state index contributed by atoms with van der Waals surface area (Å²) in [5, 5.41) is 10.2. The highest BCUT2D eigenvalue weighted by atomic mass is 16.3. The molecule has 3 heteroatoms. The first-order chi connectivity index (χ1) is 9.24. The van der Waals surface area contributed by atoms with Gasteiger partial charge in [0.15, 0.2) is 0 Å². The lowest BCUT2D eigenvalue weighted by Crippen LogP contribution is -2.12. The lowest BCUT2D eigenvalue weighted by molar-refractivity contribution is 0.173. The molecule has 2 unspecified atom stereocenters. The van der Waals surface area contributed by atoms with Crippen molar-refractivity contribution in [2.45, 2.75) is 32.4 Å². The average molecular weight is 254 g/mol. The minimum absolute atomic E-state index is 0.142. The van der Waals surface area contributed by atoms with Gasteiger partial charge in [-0.05, 0) is 19.4 Å². The van der Waals surface area contributed by atoms with Gasteiger partial charge in [-0.25, -0.2) is 4.98 Å². The molecule has 19 heavy (non-hydrogen) atoms. The van der Waals surface area contributed by atoms with E-state index in [1.165, 1.54) is 5.56 Å². The second-order valence-corrected chi connectivity index (χ2v) is 4.46. The fraction of sp³-hybridized carbons (Fsp3) is 0.312. The lowest BCUT2D eigenvalue weighted by Gasteiger charge is -2.19. The molecule has 1 heterocycles. The number of nitrogens with zero attached hydrogens (tertiary/aromatic N) is 2. The molecule has 1 N–H and O–H groups in total. The highest BCUT2D eigenvalue weighted by molar-refractivity contribution is 5.21. The van der Waals surface area contributed by atoms with Crippen LogP contribution in [0.5, 0.6) is 0 Å². The first-order valence-corrected chi connectivity index (χ1v) is 6.38. The van der Waals surface area contributed by atoms with Gasteiger partial charge in [-0.1, -0.05) is 30.3 Å². The van der Waals surface area contributed by atoms with Gasteiger partial charge in [-0.2, -0.15) is 0 Å². The van der Waals surface area contributed by atoms with Crippen LogP contribution in [0.3, 0.4) is 0 Å². The van der Waals surface area contributed by atoms with Crippen LogP contribution < -0.4 is 0 Å². The summed E-state index contributed by atoms with van der Waals surface area (Å²) in [6.07, 6.45) is 3.31. The van der Waals surface area contributed by atoms with Crippen molar-refractivity contribution in [3.8, 4) is 11.8 Å². The summed E-state index contributed by atoms with van der Waals surface area (Å²) < 4.78 is 2.00. The number of aliphatic hydroxyl groups is 1. The molecule has 2 aromatic rings. The Balaban J connectivity index is 2.26. The standard InChI is InChI=1S/C16H18N2O/c1-3-4-10-16(19)15-11-17-12-18(15)13(2)14-8-6-5-7-9-14/h5-9,11-13,16,19H,10H2,1-2H3. The van der Waals surface area contributed by atoms with E-state index in [4.69, 9.17) is 0 Å². The SMILES string of the molecule is CC#CCC(O)c1cncn1C(C)c1ccccc1. The second-order valence-electron chi connectivity index (χ2n) is 4.46. The van der Waals surface area contributed by atoms with E-state index in [0.717, 1.165) is 5.69 Å². The van der Waals surface area contributed by atoms with Gasteiger partial charge in [0, 0.05) is 6.42 Å².